The Hall–Kier alpha value is -3.03. The lowest BCUT2D eigenvalue weighted by Crippen LogP contribution is -2.42. The zero-order chi connectivity index (χ0) is 15.9. The Balaban J connectivity index is 2.02. The van der Waals surface area contributed by atoms with E-state index in [-0.39, 0.29) is 11.3 Å². The minimum atomic E-state index is -0.609. The van der Waals surface area contributed by atoms with Gasteiger partial charge in [0.1, 0.15) is 0 Å². The molecule has 0 radical (unpaired) electrons. The highest BCUT2D eigenvalue weighted by atomic mass is 16.2. The predicted molar refractivity (Wildman–Crippen MR) is 78.0 cm³/mol. The minimum Gasteiger partial charge on any atom is -0.268 e. The maximum Gasteiger partial charge on any atom is 0.290 e. The van der Waals surface area contributed by atoms with E-state index in [1.165, 1.54) is 29.2 Å². The van der Waals surface area contributed by atoms with Crippen molar-refractivity contribution in [2.24, 2.45) is 0 Å². The van der Waals surface area contributed by atoms with Crippen LogP contribution in [0.15, 0.2) is 41.5 Å². The summed E-state index contributed by atoms with van der Waals surface area (Å²) in [5.41, 5.74) is 4.57. The molecule has 0 bridgehead atoms. The van der Waals surface area contributed by atoms with Crippen molar-refractivity contribution in [3.8, 4) is 0 Å². The van der Waals surface area contributed by atoms with Crippen LogP contribution in [0.1, 0.15) is 34.2 Å². The molecular weight excluding hydrogens is 286 g/mol. The summed E-state index contributed by atoms with van der Waals surface area (Å²) in [5, 5.41) is 3.94. The quantitative estimate of drug-likeness (QED) is 0.780. The molecular formula is C14H15N5O3. The van der Waals surface area contributed by atoms with Crippen molar-refractivity contribution in [1.82, 2.24) is 25.6 Å². The van der Waals surface area contributed by atoms with Crippen LogP contribution in [0.25, 0.3) is 0 Å². The number of nitrogens with one attached hydrogen (secondary N) is 2. The second-order valence-electron chi connectivity index (χ2n) is 4.43. The lowest BCUT2D eigenvalue weighted by atomic mass is 10.3. The van der Waals surface area contributed by atoms with E-state index in [0.29, 0.717) is 12.1 Å². The summed E-state index contributed by atoms with van der Waals surface area (Å²) in [6.07, 6.45) is 3.63. The first-order valence-corrected chi connectivity index (χ1v) is 6.70. The second-order valence-corrected chi connectivity index (χ2v) is 4.43. The Labute approximate surface area is 126 Å². The Bertz CT molecular complexity index is 727. The second kappa shape index (κ2) is 7.11. The van der Waals surface area contributed by atoms with Gasteiger partial charge in [0.15, 0.2) is 5.69 Å². The largest absolute Gasteiger partial charge is 0.290 e. The molecule has 0 aliphatic carbocycles. The molecule has 0 fully saturated rings. The molecule has 2 N–H and O–H groups in total. The number of rotatable bonds is 4. The van der Waals surface area contributed by atoms with E-state index < -0.39 is 11.8 Å². The molecule has 2 aromatic heterocycles. The molecule has 0 aliphatic rings. The number of nitrogens with zero attached hydrogens (tertiary/aromatic N) is 3. The molecule has 22 heavy (non-hydrogen) atoms. The van der Waals surface area contributed by atoms with E-state index in [9.17, 15) is 14.4 Å². The van der Waals surface area contributed by atoms with Gasteiger partial charge in [-0.2, -0.15) is 5.10 Å². The summed E-state index contributed by atoms with van der Waals surface area (Å²) in [6, 6.07) is 5.74. The molecule has 0 saturated heterocycles. The van der Waals surface area contributed by atoms with Crippen molar-refractivity contribution in [2.45, 2.75) is 19.9 Å². The first-order valence-electron chi connectivity index (χ1n) is 6.70. The zero-order valence-corrected chi connectivity index (χ0v) is 11.9. The number of hydrogen-bond donors (Lipinski definition) is 2. The topological polar surface area (TPSA) is 106 Å². The van der Waals surface area contributed by atoms with Crippen LogP contribution in [0, 0.1) is 0 Å². The molecule has 8 heteroatoms. The van der Waals surface area contributed by atoms with Crippen molar-refractivity contribution in [3.05, 3.63) is 58.3 Å². The molecule has 8 nitrogen and oxygen atoms in total. The van der Waals surface area contributed by atoms with Crippen LogP contribution >= 0.6 is 0 Å². The molecule has 0 unspecified atom stereocenters. The number of aromatic nitrogens is 3. The molecule has 0 aromatic carbocycles. The lowest BCUT2D eigenvalue weighted by Gasteiger charge is -2.08. The third-order valence-corrected chi connectivity index (χ3v) is 2.75. The highest BCUT2D eigenvalue weighted by Crippen LogP contribution is 1.95. The summed E-state index contributed by atoms with van der Waals surface area (Å²) >= 11 is 0. The smallest absolute Gasteiger partial charge is 0.268 e. The lowest BCUT2D eigenvalue weighted by molar-refractivity contribution is 0.0842. The number of carbonyl (C=O) groups is 2. The minimum absolute atomic E-state index is 0.0412. The number of aryl methyl sites for hydroxylation is 1. The van der Waals surface area contributed by atoms with Gasteiger partial charge in [0.2, 0.25) is 0 Å². The highest BCUT2D eigenvalue weighted by Gasteiger charge is 2.11. The Morgan fingerprint density at radius 3 is 2.64 bits per heavy atom. The fourth-order valence-corrected chi connectivity index (χ4v) is 1.69. The van der Waals surface area contributed by atoms with E-state index in [1.54, 1.807) is 12.1 Å². The van der Waals surface area contributed by atoms with Gasteiger partial charge in [-0.05, 0) is 24.6 Å². The zero-order valence-electron chi connectivity index (χ0n) is 11.9. The van der Waals surface area contributed by atoms with Gasteiger partial charge in [-0.1, -0.05) is 6.92 Å². The molecule has 0 aliphatic heterocycles. The predicted octanol–water partition coefficient (Wildman–Crippen LogP) is 0.123. The molecule has 0 atom stereocenters. The van der Waals surface area contributed by atoms with Gasteiger partial charge in [-0.3, -0.25) is 30.2 Å². The van der Waals surface area contributed by atoms with Gasteiger partial charge in [0.25, 0.3) is 17.4 Å². The van der Waals surface area contributed by atoms with Crippen molar-refractivity contribution in [3.63, 3.8) is 0 Å². The van der Waals surface area contributed by atoms with E-state index in [0.717, 1.165) is 6.42 Å². The molecule has 2 rings (SSSR count). The number of amides is 2. The Kier molecular flexibility index (Phi) is 4.97. The van der Waals surface area contributed by atoms with Gasteiger partial charge < -0.3 is 0 Å². The third kappa shape index (κ3) is 3.75. The molecule has 0 spiro atoms. The number of pyridine rings is 1. The maximum absolute atomic E-state index is 11.9. The fraction of sp³-hybridized carbons (Fsp3) is 0.214. The monoisotopic (exact) mass is 301 g/mol. The molecule has 2 amide bonds. The van der Waals surface area contributed by atoms with Gasteiger partial charge >= 0.3 is 0 Å². The van der Waals surface area contributed by atoms with Crippen LogP contribution < -0.4 is 16.4 Å². The molecule has 2 aromatic rings. The number of hydrogen-bond acceptors (Lipinski definition) is 5. The maximum atomic E-state index is 11.9. The van der Waals surface area contributed by atoms with Crippen molar-refractivity contribution in [2.75, 3.05) is 0 Å². The standard InChI is InChI=1S/C14H15N5O3/c1-2-8-19-12(20)6-5-11(18-19)14(22)17-16-13(21)10-4-3-7-15-9-10/h3-7,9H,2,8H2,1H3,(H,16,21)(H,17,22). The van der Waals surface area contributed by atoms with Crippen LogP contribution in [0.3, 0.4) is 0 Å². The first-order chi connectivity index (χ1) is 10.6. The average molecular weight is 301 g/mol. The van der Waals surface area contributed by atoms with Crippen LogP contribution in [-0.4, -0.2) is 26.6 Å². The number of carbonyl (C=O) groups excluding carboxylic acids is 2. The van der Waals surface area contributed by atoms with Gasteiger partial charge in [-0.25, -0.2) is 4.68 Å². The average Bonchev–Trinajstić information content (AvgIpc) is 2.55. The molecule has 2 heterocycles. The van der Waals surface area contributed by atoms with E-state index in [1.807, 2.05) is 6.92 Å². The van der Waals surface area contributed by atoms with E-state index in [2.05, 4.69) is 20.9 Å². The summed E-state index contributed by atoms with van der Waals surface area (Å²) < 4.78 is 1.21. The van der Waals surface area contributed by atoms with Gasteiger partial charge in [-0.15, -0.1) is 0 Å². The van der Waals surface area contributed by atoms with Crippen molar-refractivity contribution >= 4 is 11.8 Å². The van der Waals surface area contributed by atoms with Crippen LogP contribution in [-0.2, 0) is 6.54 Å². The van der Waals surface area contributed by atoms with Crippen LogP contribution in [0.4, 0.5) is 0 Å². The van der Waals surface area contributed by atoms with E-state index in [4.69, 9.17) is 0 Å². The van der Waals surface area contributed by atoms with Crippen molar-refractivity contribution < 1.29 is 9.59 Å². The number of hydrazine groups is 1. The Morgan fingerprint density at radius 1 is 1.18 bits per heavy atom. The normalized spacial score (nSPS) is 10.0. The first kappa shape index (κ1) is 15.4. The summed E-state index contributed by atoms with van der Waals surface area (Å²) in [6.45, 7) is 2.32. The van der Waals surface area contributed by atoms with Gasteiger partial charge in [0.05, 0.1) is 5.56 Å². The summed E-state index contributed by atoms with van der Waals surface area (Å²) in [5.74, 6) is -1.11. The fourth-order valence-electron chi connectivity index (χ4n) is 1.69. The highest BCUT2D eigenvalue weighted by molar-refractivity contribution is 5.97. The van der Waals surface area contributed by atoms with Crippen molar-refractivity contribution in [1.29, 1.82) is 0 Å². The summed E-state index contributed by atoms with van der Waals surface area (Å²) in [4.78, 5) is 39.0. The van der Waals surface area contributed by atoms with Crippen LogP contribution in [0.5, 0.6) is 0 Å². The third-order valence-electron chi connectivity index (χ3n) is 2.75. The Morgan fingerprint density at radius 2 is 1.95 bits per heavy atom. The molecule has 0 saturated carbocycles. The SMILES string of the molecule is CCCn1nc(C(=O)NNC(=O)c2cccnc2)ccc1=O. The van der Waals surface area contributed by atoms with E-state index >= 15 is 0 Å². The van der Waals surface area contributed by atoms with Crippen LogP contribution in [0.2, 0.25) is 0 Å². The summed E-state index contributed by atoms with van der Waals surface area (Å²) in [7, 11) is 0. The van der Waals surface area contributed by atoms with Gasteiger partial charge in [0, 0.05) is 25.0 Å². The molecule has 114 valence electrons.